The molecule has 3 unspecified atom stereocenters. The van der Waals surface area contributed by atoms with Crippen LogP contribution in [0.1, 0.15) is 79.1 Å². The minimum atomic E-state index is -0.0865. The molecule has 0 aromatic heterocycles. The van der Waals surface area contributed by atoms with Crippen LogP contribution < -0.4 is 0 Å². The zero-order valence-electron chi connectivity index (χ0n) is 14.8. The Morgan fingerprint density at radius 3 is 2.29 bits per heavy atom. The Labute approximate surface area is 132 Å². The van der Waals surface area contributed by atoms with Gasteiger partial charge in [-0.05, 0) is 62.4 Å². The Morgan fingerprint density at radius 2 is 1.71 bits per heavy atom. The van der Waals surface area contributed by atoms with Crippen LogP contribution in [-0.2, 0) is 0 Å². The van der Waals surface area contributed by atoms with Crippen molar-refractivity contribution in [3.63, 3.8) is 0 Å². The van der Waals surface area contributed by atoms with E-state index in [1.54, 1.807) is 0 Å². The molecule has 2 aliphatic rings. The standard InChI is InChI=1S/C19H37NO/c1-5-7-15-10-12-20(13-11-15)17-14-16(8-9-18(17)21)19(3,4)6-2/h15-18,21H,5-14H2,1-4H3. The van der Waals surface area contributed by atoms with Gasteiger partial charge in [-0.3, -0.25) is 4.90 Å². The average Bonchev–Trinajstić information content (AvgIpc) is 2.49. The largest absolute Gasteiger partial charge is 0.391 e. The molecule has 0 aromatic rings. The predicted molar refractivity (Wildman–Crippen MR) is 90.4 cm³/mol. The van der Waals surface area contributed by atoms with Gasteiger partial charge in [0.15, 0.2) is 0 Å². The van der Waals surface area contributed by atoms with Crippen LogP contribution in [0.4, 0.5) is 0 Å². The van der Waals surface area contributed by atoms with Gasteiger partial charge in [0, 0.05) is 6.04 Å². The van der Waals surface area contributed by atoms with Crippen LogP contribution in [0, 0.1) is 17.3 Å². The molecular formula is C19H37NO. The summed E-state index contributed by atoms with van der Waals surface area (Å²) in [5.41, 5.74) is 0.429. The Morgan fingerprint density at radius 1 is 1.05 bits per heavy atom. The smallest absolute Gasteiger partial charge is 0.0695 e. The minimum absolute atomic E-state index is 0.0865. The van der Waals surface area contributed by atoms with Crippen molar-refractivity contribution in [2.75, 3.05) is 13.1 Å². The molecule has 2 fully saturated rings. The van der Waals surface area contributed by atoms with E-state index in [0.717, 1.165) is 18.3 Å². The lowest BCUT2D eigenvalue weighted by molar-refractivity contribution is -0.0319. The fourth-order valence-electron chi connectivity index (χ4n) is 4.50. The van der Waals surface area contributed by atoms with Crippen LogP contribution in [0.2, 0.25) is 0 Å². The lowest BCUT2D eigenvalue weighted by atomic mass is 9.67. The van der Waals surface area contributed by atoms with Gasteiger partial charge < -0.3 is 5.11 Å². The molecular weight excluding hydrogens is 258 g/mol. The summed E-state index contributed by atoms with van der Waals surface area (Å²) in [6.07, 6.45) is 10.0. The summed E-state index contributed by atoms with van der Waals surface area (Å²) in [5, 5.41) is 10.5. The molecule has 21 heavy (non-hydrogen) atoms. The number of piperidine rings is 1. The van der Waals surface area contributed by atoms with Gasteiger partial charge in [0.1, 0.15) is 0 Å². The first-order valence-corrected chi connectivity index (χ1v) is 9.40. The molecule has 1 saturated heterocycles. The second-order valence-electron chi connectivity index (χ2n) is 8.25. The van der Waals surface area contributed by atoms with Crippen molar-refractivity contribution in [2.24, 2.45) is 17.3 Å². The molecule has 1 saturated carbocycles. The van der Waals surface area contributed by atoms with Crippen molar-refractivity contribution in [3.8, 4) is 0 Å². The molecule has 2 rings (SSSR count). The molecule has 2 nitrogen and oxygen atoms in total. The van der Waals surface area contributed by atoms with Gasteiger partial charge in [0.25, 0.3) is 0 Å². The van der Waals surface area contributed by atoms with Crippen LogP contribution in [0.3, 0.4) is 0 Å². The van der Waals surface area contributed by atoms with Crippen molar-refractivity contribution in [1.29, 1.82) is 0 Å². The number of aliphatic hydroxyl groups is 1. The van der Waals surface area contributed by atoms with Crippen LogP contribution in [-0.4, -0.2) is 35.2 Å². The Bertz CT molecular complexity index is 307. The maximum absolute atomic E-state index is 10.5. The molecule has 0 amide bonds. The molecule has 0 bridgehead atoms. The Kier molecular flexibility index (Phi) is 6.14. The van der Waals surface area contributed by atoms with E-state index >= 15 is 0 Å². The van der Waals surface area contributed by atoms with Gasteiger partial charge >= 0.3 is 0 Å². The van der Waals surface area contributed by atoms with E-state index in [1.807, 2.05) is 0 Å². The second kappa shape index (κ2) is 7.46. The summed E-state index contributed by atoms with van der Waals surface area (Å²) in [6.45, 7) is 11.9. The van der Waals surface area contributed by atoms with Crippen molar-refractivity contribution in [3.05, 3.63) is 0 Å². The lowest BCUT2D eigenvalue weighted by Crippen LogP contribution is -2.51. The van der Waals surface area contributed by atoms with E-state index in [4.69, 9.17) is 0 Å². The third-order valence-corrected chi connectivity index (χ3v) is 6.61. The first-order valence-electron chi connectivity index (χ1n) is 9.40. The molecule has 0 radical (unpaired) electrons. The molecule has 1 aliphatic heterocycles. The van der Waals surface area contributed by atoms with Crippen LogP contribution in [0.15, 0.2) is 0 Å². The van der Waals surface area contributed by atoms with E-state index < -0.39 is 0 Å². The summed E-state index contributed by atoms with van der Waals surface area (Å²) in [6, 6.07) is 0.428. The number of hydrogen-bond acceptors (Lipinski definition) is 2. The van der Waals surface area contributed by atoms with E-state index in [0.29, 0.717) is 11.5 Å². The number of likely N-dealkylation sites (tertiary alicyclic amines) is 1. The predicted octanol–water partition coefficient (Wildman–Crippen LogP) is 4.46. The molecule has 1 N–H and O–H groups in total. The number of nitrogens with zero attached hydrogens (tertiary/aromatic N) is 1. The maximum atomic E-state index is 10.5. The number of rotatable bonds is 5. The third-order valence-electron chi connectivity index (χ3n) is 6.61. The van der Waals surface area contributed by atoms with E-state index in [-0.39, 0.29) is 6.10 Å². The molecule has 0 spiro atoms. The SMILES string of the molecule is CCCC1CCN(C2CC(C(C)(C)CC)CCC2O)CC1. The normalized spacial score (nSPS) is 33.3. The van der Waals surface area contributed by atoms with Crippen molar-refractivity contribution < 1.29 is 5.11 Å². The van der Waals surface area contributed by atoms with E-state index in [9.17, 15) is 5.11 Å². The van der Waals surface area contributed by atoms with Crippen molar-refractivity contribution in [1.82, 2.24) is 4.90 Å². The zero-order valence-corrected chi connectivity index (χ0v) is 14.8. The van der Waals surface area contributed by atoms with Gasteiger partial charge in [-0.2, -0.15) is 0 Å². The maximum Gasteiger partial charge on any atom is 0.0695 e. The summed E-state index contributed by atoms with van der Waals surface area (Å²) < 4.78 is 0. The van der Waals surface area contributed by atoms with Crippen molar-refractivity contribution in [2.45, 2.75) is 91.2 Å². The monoisotopic (exact) mass is 295 g/mol. The average molecular weight is 296 g/mol. The highest BCUT2D eigenvalue weighted by molar-refractivity contribution is 4.92. The Balaban J connectivity index is 1.92. The van der Waals surface area contributed by atoms with Gasteiger partial charge in [-0.15, -0.1) is 0 Å². The lowest BCUT2D eigenvalue weighted by Gasteiger charge is -2.47. The van der Waals surface area contributed by atoms with Crippen LogP contribution in [0.25, 0.3) is 0 Å². The van der Waals surface area contributed by atoms with E-state index in [1.165, 1.54) is 58.0 Å². The van der Waals surface area contributed by atoms with Gasteiger partial charge in [0.2, 0.25) is 0 Å². The van der Waals surface area contributed by atoms with E-state index in [2.05, 4.69) is 32.6 Å². The van der Waals surface area contributed by atoms with Crippen LogP contribution >= 0.6 is 0 Å². The summed E-state index contributed by atoms with van der Waals surface area (Å²) >= 11 is 0. The van der Waals surface area contributed by atoms with Crippen LogP contribution in [0.5, 0.6) is 0 Å². The highest BCUT2D eigenvalue weighted by atomic mass is 16.3. The molecule has 0 aromatic carbocycles. The number of hydrogen-bond donors (Lipinski definition) is 1. The molecule has 1 heterocycles. The molecule has 124 valence electrons. The summed E-state index contributed by atoms with van der Waals surface area (Å²) in [4.78, 5) is 2.62. The molecule has 1 aliphatic carbocycles. The second-order valence-corrected chi connectivity index (χ2v) is 8.25. The highest BCUT2D eigenvalue weighted by Gasteiger charge is 2.39. The molecule has 2 heteroatoms. The first kappa shape index (κ1) is 17.3. The molecule has 3 atom stereocenters. The number of aliphatic hydroxyl groups excluding tert-OH is 1. The zero-order chi connectivity index (χ0) is 15.5. The van der Waals surface area contributed by atoms with Gasteiger partial charge in [0.05, 0.1) is 6.10 Å². The minimum Gasteiger partial charge on any atom is -0.391 e. The Hall–Kier alpha value is -0.0800. The summed E-state index contributed by atoms with van der Waals surface area (Å²) in [5.74, 6) is 1.72. The van der Waals surface area contributed by atoms with Gasteiger partial charge in [-0.25, -0.2) is 0 Å². The fourth-order valence-corrected chi connectivity index (χ4v) is 4.50. The third kappa shape index (κ3) is 4.22. The first-order chi connectivity index (χ1) is 9.97. The van der Waals surface area contributed by atoms with Crippen molar-refractivity contribution >= 4 is 0 Å². The quantitative estimate of drug-likeness (QED) is 0.809. The summed E-state index contributed by atoms with van der Waals surface area (Å²) in [7, 11) is 0. The fraction of sp³-hybridized carbons (Fsp3) is 1.00. The topological polar surface area (TPSA) is 23.5 Å². The highest BCUT2D eigenvalue weighted by Crippen LogP contribution is 2.42. The van der Waals surface area contributed by atoms with Gasteiger partial charge in [-0.1, -0.05) is 47.0 Å².